The molecule has 26 heavy (non-hydrogen) atoms. The molecule has 1 aromatic heterocycles. The number of anilines is 1. The molecule has 0 fully saturated rings. The lowest BCUT2D eigenvalue weighted by molar-refractivity contribution is 0.251. The molecule has 0 atom stereocenters. The molecule has 8 nitrogen and oxygen atoms in total. The van der Waals surface area contributed by atoms with E-state index in [0.717, 1.165) is 11.4 Å². The van der Waals surface area contributed by atoms with Crippen molar-refractivity contribution in [1.82, 2.24) is 20.0 Å². The predicted octanol–water partition coefficient (Wildman–Crippen LogP) is 2.10. The van der Waals surface area contributed by atoms with Gasteiger partial charge in [-0.2, -0.15) is 0 Å². The van der Waals surface area contributed by atoms with Crippen molar-refractivity contribution in [3.8, 4) is 0 Å². The number of carbonyl (C=O) groups is 1. The SMILES string of the molecule is CCCNS(=O)(=O)c1ccc(NC(=O)NCc2nc(C)cc(C)n2)cc1. The molecule has 1 heterocycles. The van der Waals surface area contributed by atoms with Crippen LogP contribution >= 0.6 is 0 Å². The first-order valence-corrected chi connectivity index (χ1v) is 9.74. The van der Waals surface area contributed by atoms with Crippen LogP contribution in [0, 0.1) is 13.8 Å². The molecular formula is C17H23N5O3S. The van der Waals surface area contributed by atoms with Crippen LogP contribution in [0.2, 0.25) is 0 Å². The minimum Gasteiger partial charge on any atom is -0.331 e. The highest BCUT2D eigenvalue weighted by molar-refractivity contribution is 7.89. The summed E-state index contributed by atoms with van der Waals surface area (Å²) in [5, 5.41) is 5.31. The molecule has 140 valence electrons. The Morgan fingerprint density at radius 3 is 2.27 bits per heavy atom. The molecule has 0 aliphatic carbocycles. The third-order valence-electron chi connectivity index (χ3n) is 3.40. The zero-order chi connectivity index (χ0) is 19.2. The second-order valence-corrected chi connectivity index (χ2v) is 7.56. The fourth-order valence-corrected chi connectivity index (χ4v) is 3.38. The molecule has 0 unspecified atom stereocenters. The zero-order valence-corrected chi connectivity index (χ0v) is 15.9. The summed E-state index contributed by atoms with van der Waals surface area (Å²) in [5.41, 5.74) is 2.16. The van der Waals surface area contributed by atoms with Gasteiger partial charge in [-0.05, 0) is 50.6 Å². The molecule has 2 rings (SSSR count). The number of benzene rings is 1. The Morgan fingerprint density at radius 1 is 1.08 bits per heavy atom. The number of carbonyl (C=O) groups excluding carboxylic acids is 1. The van der Waals surface area contributed by atoms with E-state index in [1.54, 1.807) is 0 Å². The smallest absolute Gasteiger partial charge is 0.319 e. The van der Waals surface area contributed by atoms with E-state index in [9.17, 15) is 13.2 Å². The molecule has 0 aliphatic heterocycles. The third-order valence-corrected chi connectivity index (χ3v) is 4.88. The monoisotopic (exact) mass is 377 g/mol. The van der Waals surface area contributed by atoms with Crippen molar-refractivity contribution in [2.75, 3.05) is 11.9 Å². The maximum atomic E-state index is 12.0. The van der Waals surface area contributed by atoms with Gasteiger partial charge in [0, 0.05) is 23.6 Å². The van der Waals surface area contributed by atoms with Gasteiger partial charge in [-0.1, -0.05) is 6.92 Å². The Bertz CT molecular complexity index is 846. The number of urea groups is 1. The summed E-state index contributed by atoms with van der Waals surface area (Å²) in [7, 11) is -3.52. The van der Waals surface area contributed by atoms with Gasteiger partial charge in [0.1, 0.15) is 5.82 Å². The molecule has 0 radical (unpaired) electrons. The Balaban J connectivity index is 1.93. The number of amides is 2. The topological polar surface area (TPSA) is 113 Å². The van der Waals surface area contributed by atoms with Crippen LogP contribution in [0.4, 0.5) is 10.5 Å². The van der Waals surface area contributed by atoms with Crippen molar-refractivity contribution < 1.29 is 13.2 Å². The zero-order valence-electron chi connectivity index (χ0n) is 15.0. The summed E-state index contributed by atoms with van der Waals surface area (Å²) in [4.78, 5) is 20.6. The fourth-order valence-electron chi connectivity index (χ4n) is 2.25. The van der Waals surface area contributed by atoms with Gasteiger partial charge in [-0.3, -0.25) is 0 Å². The van der Waals surface area contributed by atoms with Crippen molar-refractivity contribution in [3.05, 3.63) is 47.5 Å². The number of sulfonamides is 1. The van der Waals surface area contributed by atoms with Gasteiger partial charge in [-0.15, -0.1) is 0 Å². The lowest BCUT2D eigenvalue weighted by Gasteiger charge is -2.09. The summed E-state index contributed by atoms with van der Waals surface area (Å²) >= 11 is 0. The predicted molar refractivity (Wildman–Crippen MR) is 99.3 cm³/mol. The molecule has 3 N–H and O–H groups in total. The number of nitrogens with zero attached hydrogens (tertiary/aromatic N) is 2. The standard InChI is InChI=1S/C17H23N5O3S/c1-4-9-19-26(24,25)15-7-5-14(6-8-15)22-17(23)18-11-16-20-12(2)10-13(3)21-16/h5-8,10,19H,4,9,11H2,1-3H3,(H2,18,22,23). The van der Waals surface area contributed by atoms with E-state index >= 15 is 0 Å². The van der Waals surface area contributed by atoms with Crippen LogP contribution in [0.3, 0.4) is 0 Å². The van der Waals surface area contributed by atoms with E-state index in [0.29, 0.717) is 24.5 Å². The summed E-state index contributed by atoms with van der Waals surface area (Å²) in [5.74, 6) is 0.529. The van der Waals surface area contributed by atoms with Gasteiger partial charge in [0.15, 0.2) is 0 Å². The van der Waals surface area contributed by atoms with Crippen molar-refractivity contribution in [3.63, 3.8) is 0 Å². The van der Waals surface area contributed by atoms with Crippen molar-refractivity contribution in [2.24, 2.45) is 0 Å². The third kappa shape index (κ3) is 5.78. The van der Waals surface area contributed by atoms with Gasteiger partial charge in [0.05, 0.1) is 11.4 Å². The van der Waals surface area contributed by atoms with Gasteiger partial charge in [-0.25, -0.2) is 27.9 Å². The van der Waals surface area contributed by atoms with E-state index in [-0.39, 0.29) is 11.4 Å². The molecular weight excluding hydrogens is 354 g/mol. The van der Waals surface area contributed by atoms with Crippen LogP contribution in [0.25, 0.3) is 0 Å². The van der Waals surface area contributed by atoms with E-state index in [4.69, 9.17) is 0 Å². The average molecular weight is 377 g/mol. The maximum absolute atomic E-state index is 12.0. The quantitative estimate of drug-likeness (QED) is 0.684. The molecule has 1 aromatic carbocycles. The molecule has 2 amide bonds. The fraction of sp³-hybridized carbons (Fsp3) is 0.353. The van der Waals surface area contributed by atoms with Crippen LogP contribution in [-0.2, 0) is 16.6 Å². The van der Waals surface area contributed by atoms with E-state index in [1.807, 2.05) is 26.8 Å². The molecule has 9 heteroatoms. The Kier molecular flexibility index (Phi) is 6.64. The summed E-state index contributed by atoms with van der Waals surface area (Å²) < 4.78 is 26.5. The summed E-state index contributed by atoms with van der Waals surface area (Å²) in [6.07, 6.45) is 0.712. The molecule has 0 aliphatic rings. The first kappa shape index (κ1) is 19.8. The van der Waals surface area contributed by atoms with Crippen molar-refractivity contribution in [2.45, 2.75) is 38.6 Å². The van der Waals surface area contributed by atoms with Crippen molar-refractivity contribution >= 4 is 21.7 Å². The average Bonchev–Trinajstić information content (AvgIpc) is 2.58. The van der Waals surface area contributed by atoms with Crippen LogP contribution in [0.1, 0.15) is 30.6 Å². The highest BCUT2D eigenvalue weighted by Gasteiger charge is 2.13. The van der Waals surface area contributed by atoms with Crippen molar-refractivity contribution in [1.29, 1.82) is 0 Å². The number of hydrogen-bond acceptors (Lipinski definition) is 5. The minimum atomic E-state index is -3.52. The van der Waals surface area contributed by atoms with Gasteiger partial charge in [0.25, 0.3) is 0 Å². The van der Waals surface area contributed by atoms with Gasteiger partial charge in [0.2, 0.25) is 10.0 Å². The highest BCUT2D eigenvalue weighted by atomic mass is 32.2. The lowest BCUT2D eigenvalue weighted by Crippen LogP contribution is -2.29. The van der Waals surface area contributed by atoms with Crippen LogP contribution < -0.4 is 15.4 Å². The second kappa shape index (κ2) is 8.72. The Morgan fingerprint density at radius 2 is 1.69 bits per heavy atom. The molecule has 0 spiro atoms. The summed E-state index contributed by atoms with van der Waals surface area (Å²) in [6, 6.07) is 7.39. The maximum Gasteiger partial charge on any atom is 0.319 e. The van der Waals surface area contributed by atoms with Crippen LogP contribution in [0.5, 0.6) is 0 Å². The highest BCUT2D eigenvalue weighted by Crippen LogP contribution is 2.14. The van der Waals surface area contributed by atoms with Crippen LogP contribution in [-0.4, -0.2) is 31.0 Å². The van der Waals surface area contributed by atoms with Gasteiger partial charge >= 0.3 is 6.03 Å². The first-order chi connectivity index (χ1) is 12.3. The molecule has 0 bridgehead atoms. The van der Waals surface area contributed by atoms with E-state index in [1.165, 1.54) is 24.3 Å². The minimum absolute atomic E-state index is 0.153. The van der Waals surface area contributed by atoms with E-state index in [2.05, 4.69) is 25.3 Å². The second-order valence-electron chi connectivity index (χ2n) is 5.80. The number of aryl methyl sites for hydroxylation is 2. The molecule has 2 aromatic rings. The summed E-state index contributed by atoms with van der Waals surface area (Å²) in [6.45, 7) is 6.19. The number of aromatic nitrogens is 2. The van der Waals surface area contributed by atoms with Gasteiger partial charge < -0.3 is 10.6 Å². The van der Waals surface area contributed by atoms with Crippen LogP contribution in [0.15, 0.2) is 35.2 Å². The largest absolute Gasteiger partial charge is 0.331 e. The number of hydrogen-bond donors (Lipinski definition) is 3. The number of rotatable bonds is 7. The Hall–Kier alpha value is -2.52. The first-order valence-electron chi connectivity index (χ1n) is 8.26. The lowest BCUT2D eigenvalue weighted by atomic mass is 10.3. The van der Waals surface area contributed by atoms with E-state index < -0.39 is 16.1 Å². The Labute approximate surface area is 153 Å². The molecule has 0 saturated heterocycles. The molecule has 0 saturated carbocycles. The normalized spacial score (nSPS) is 11.2. The number of nitrogens with one attached hydrogen (secondary N) is 3.